The minimum absolute atomic E-state index is 0.153. The third-order valence-electron chi connectivity index (χ3n) is 2.93. The summed E-state index contributed by atoms with van der Waals surface area (Å²) >= 11 is 0. The van der Waals surface area contributed by atoms with Crippen LogP contribution in [0.4, 0.5) is 11.5 Å². The largest absolute Gasteiger partial charge is 0.491 e. The summed E-state index contributed by atoms with van der Waals surface area (Å²) in [5, 5.41) is 3.26. The molecule has 0 fully saturated rings. The first kappa shape index (κ1) is 13.4. The van der Waals surface area contributed by atoms with E-state index in [1.807, 2.05) is 62.4 Å². The lowest BCUT2D eigenvalue weighted by Gasteiger charge is -2.11. The van der Waals surface area contributed by atoms with Crippen molar-refractivity contribution in [3.8, 4) is 5.75 Å². The second-order valence-corrected chi connectivity index (χ2v) is 5.06. The first-order chi connectivity index (χ1) is 10.2. The molecule has 21 heavy (non-hydrogen) atoms. The van der Waals surface area contributed by atoms with Gasteiger partial charge in [-0.05, 0) is 38.1 Å². The van der Waals surface area contributed by atoms with Crippen LogP contribution in [0.15, 0.2) is 54.7 Å². The van der Waals surface area contributed by atoms with Crippen LogP contribution in [0.1, 0.15) is 13.8 Å². The van der Waals surface area contributed by atoms with Gasteiger partial charge in [-0.1, -0.05) is 18.2 Å². The average Bonchev–Trinajstić information content (AvgIpc) is 2.47. The monoisotopic (exact) mass is 279 g/mol. The minimum atomic E-state index is 0.153. The van der Waals surface area contributed by atoms with Crippen molar-refractivity contribution in [1.82, 2.24) is 9.97 Å². The van der Waals surface area contributed by atoms with Crippen LogP contribution >= 0.6 is 0 Å². The highest BCUT2D eigenvalue weighted by Gasteiger charge is 2.02. The Balaban J connectivity index is 1.84. The summed E-state index contributed by atoms with van der Waals surface area (Å²) in [6.45, 7) is 4.02. The van der Waals surface area contributed by atoms with E-state index in [2.05, 4.69) is 15.3 Å². The Morgan fingerprint density at radius 3 is 2.62 bits per heavy atom. The number of benzene rings is 2. The quantitative estimate of drug-likeness (QED) is 0.779. The molecule has 106 valence electrons. The first-order valence-electron chi connectivity index (χ1n) is 6.96. The Bertz CT molecular complexity index is 756. The number of fused-ring (bicyclic) bond motifs is 1. The molecule has 0 aliphatic rings. The molecule has 3 rings (SSSR count). The second kappa shape index (κ2) is 5.79. The standard InChI is InChI=1S/C17H17N3O/c1-12(2)21-14-7-5-6-13(10-14)19-17-11-18-15-8-3-4-9-16(15)20-17/h3-12H,1-2H3,(H,19,20). The van der Waals surface area contributed by atoms with Crippen LogP contribution in [0.3, 0.4) is 0 Å². The van der Waals surface area contributed by atoms with Gasteiger partial charge in [0.15, 0.2) is 0 Å². The lowest BCUT2D eigenvalue weighted by atomic mass is 10.3. The molecule has 0 amide bonds. The topological polar surface area (TPSA) is 47.0 Å². The van der Waals surface area contributed by atoms with Crippen molar-refractivity contribution in [2.75, 3.05) is 5.32 Å². The van der Waals surface area contributed by atoms with E-state index in [1.165, 1.54) is 0 Å². The summed E-state index contributed by atoms with van der Waals surface area (Å²) in [5.74, 6) is 1.55. The number of nitrogens with one attached hydrogen (secondary N) is 1. The average molecular weight is 279 g/mol. The maximum absolute atomic E-state index is 5.69. The van der Waals surface area contributed by atoms with Crippen LogP contribution in [-0.4, -0.2) is 16.1 Å². The lowest BCUT2D eigenvalue weighted by Crippen LogP contribution is -2.05. The van der Waals surface area contributed by atoms with Gasteiger partial charge in [0, 0.05) is 11.8 Å². The molecule has 0 unspecified atom stereocenters. The van der Waals surface area contributed by atoms with Gasteiger partial charge in [-0.2, -0.15) is 0 Å². The van der Waals surface area contributed by atoms with E-state index in [9.17, 15) is 0 Å². The van der Waals surface area contributed by atoms with Crippen LogP contribution in [0, 0.1) is 0 Å². The van der Waals surface area contributed by atoms with Crippen molar-refractivity contribution in [2.24, 2.45) is 0 Å². The number of para-hydroxylation sites is 2. The molecule has 0 bridgehead atoms. The van der Waals surface area contributed by atoms with Gasteiger partial charge < -0.3 is 10.1 Å². The molecular formula is C17H17N3O. The molecule has 1 aromatic heterocycles. The number of anilines is 2. The Morgan fingerprint density at radius 2 is 1.81 bits per heavy atom. The highest BCUT2D eigenvalue weighted by Crippen LogP contribution is 2.22. The summed E-state index contributed by atoms with van der Waals surface area (Å²) in [6, 6.07) is 15.6. The number of nitrogens with zero attached hydrogens (tertiary/aromatic N) is 2. The zero-order valence-corrected chi connectivity index (χ0v) is 12.1. The molecule has 0 aliphatic heterocycles. The van der Waals surface area contributed by atoms with Crippen molar-refractivity contribution in [1.29, 1.82) is 0 Å². The molecule has 4 heteroatoms. The van der Waals surface area contributed by atoms with E-state index in [4.69, 9.17) is 4.74 Å². The predicted molar refractivity (Wildman–Crippen MR) is 85.0 cm³/mol. The van der Waals surface area contributed by atoms with Crippen LogP contribution in [0.25, 0.3) is 11.0 Å². The molecule has 1 heterocycles. The minimum Gasteiger partial charge on any atom is -0.491 e. The number of hydrogen-bond acceptors (Lipinski definition) is 4. The van der Waals surface area contributed by atoms with Gasteiger partial charge in [-0.3, -0.25) is 4.98 Å². The fourth-order valence-electron chi connectivity index (χ4n) is 2.08. The number of aromatic nitrogens is 2. The fraction of sp³-hybridized carbons (Fsp3) is 0.176. The maximum atomic E-state index is 5.69. The Hall–Kier alpha value is -2.62. The zero-order chi connectivity index (χ0) is 14.7. The third-order valence-corrected chi connectivity index (χ3v) is 2.93. The van der Waals surface area contributed by atoms with Gasteiger partial charge in [0.25, 0.3) is 0 Å². The summed E-state index contributed by atoms with van der Waals surface area (Å²) in [7, 11) is 0. The third kappa shape index (κ3) is 3.28. The fourth-order valence-corrected chi connectivity index (χ4v) is 2.08. The van der Waals surface area contributed by atoms with Crippen molar-refractivity contribution in [2.45, 2.75) is 20.0 Å². The van der Waals surface area contributed by atoms with Gasteiger partial charge in [-0.25, -0.2) is 4.98 Å². The van der Waals surface area contributed by atoms with E-state index in [-0.39, 0.29) is 6.10 Å². The molecule has 1 N–H and O–H groups in total. The maximum Gasteiger partial charge on any atom is 0.149 e. The summed E-state index contributed by atoms with van der Waals surface area (Å²) < 4.78 is 5.69. The van der Waals surface area contributed by atoms with E-state index in [0.717, 1.165) is 28.3 Å². The second-order valence-electron chi connectivity index (χ2n) is 5.06. The normalized spacial score (nSPS) is 10.8. The van der Waals surface area contributed by atoms with Crippen LogP contribution in [-0.2, 0) is 0 Å². The molecule has 3 aromatic rings. The van der Waals surface area contributed by atoms with Gasteiger partial charge in [-0.15, -0.1) is 0 Å². The molecule has 0 radical (unpaired) electrons. The van der Waals surface area contributed by atoms with Gasteiger partial charge in [0.2, 0.25) is 0 Å². The van der Waals surface area contributed by atoms with Crippen molar-refractivity contribution in [3.63, 3.8) is 0 Å². The molecule has 2 aromatic carbocycles. The lowest BCUT2D eigenvalue weighted by molar-refractivity contribution is 0.242. The summed E-state index contributed by atoms with van der Waals surface area (Å²) in [4.78, 5) is 8.94. The zero-order valence-electron chi connectivity index (χ0n) is 12.1. The number of hydrogen-bond donors (Lipinski definition) is 1. The van der Waals surface area contributed by atoms with Crippen LogP contribution < -0.4 is 10.1 Å². The van der Waals surface area contributed by atoms with E-state index < -0.39 is 0 Å². The summed E-state index contributed by atoms with van der Waals surface area (Å²) in [5.41, 5.74) is 2.69. The predicted octanol–water partition coefficient (Wildman–Crippen LogP) is 4.16. The van der Waals surface area contributed by atoms with Gasteiger partial charge >= 0.3 is 0 Å². The van der Waals surface area contributed by atoms with E-state index in [1.54, 1.807) is 6.20 Å². The van der Waals surface area contributed by atoms with Crippen molar-refractivity contribution >= 4 is 22.5 Å². The molecule has 0 atom stereocenters. The Kier molecular flexibility index (Phi) is 3.69. The molecular weight excluding hydrogens is 262 g/mol. The number of rotatable bonds is 4. The molecule has 0 spiro atoms. The molecule has 0 aliphatic carbocycles. The highest BCUT2D eigenvalue weighted by molar-refractivity contribution is 5.76. The summed E-state index contributed by atoms with van der Waals surface area (Å²) in [6.07, 6.45) is 1.89. The molecule has 0 saturated carbocycles. The first-order valence-corrected chi connectivity index (χ1v) is 6.96. The van der Waals surface area contributed by atoms with Crippen LogP contribution in [0.5, 0.6) is 5.75 Å². The smallest absolute Gasteiger partial charge is 0.149 e. The van der Waals surface area contributed by atoms with E-state index in [0.29, 0.717) is 0 Å². The van der Waals surface area contributed by atoms with Crippen LogP contribution in [0.2, 0.25) is 0 Å². The number of ether oxygens (including phenoxy) is 1. The van der Waals surface area contributed by atoms with Gasteiger partial charge in [0.05, 0.1) is 23.3 Å². The van der Waals surface area contributed by atoms with Crippen molar-refractivity contribution in [3.05, 3.63) is 54.7 Å². The van der Waals surface area contributed by atoms with Crippen molar-refractivity contribution < 1.29 is 4.74 Å². The molecule has 4 nitrogen and oxygen atoms in total. The van der Waals surface area contributed by atoms with E-state index >= 15 is 0 Å². The highest BCUT2D eigenvalue weighted by atomic mass is 16.5. The SMILES string of the molecule is CC(C)Oc1cccc(Nc2cnc3ccccc3n2)c1. The van der Waals surface area contributed by atoms with Gasteiger partial charge in [0.1, 0.15) is 11.6 Å². The Morgan fingerprint density at radius 1 is 1.00 bits per heavy atom. The Labute approximate surface area is 123 Å². The molecule has 0 saturated heterocycles.